The number of H-pyrrole nitrogens is 1. The van der Waals surface area contributed by atoms with Crippen molar-refractivity contribution in [2.24, 2.45) is 0 Å². The molecule has 0 spiro atoms. The summed E-state index contributed by atoms with van der Waals surface area (Å²) >= 11 is 0. The number of esters is 1. The topological polar surface area (TPSA) is 83.0 Å². The molecule has 5 nitrogen and oxygen atoms in total. The summed E-state index contributed by atoms with van der Waals surface area (Å²) in [5, 5.41) is 9.79. The van der Waals surface area contributed by atoms with Crippen LogP contribution in [0.3, 0.4) is 0 Å². The van der Waals surface area contributed by atoms with E-state index < -0.39 is 5.97 Å². The molecule has 0 aliphatic heterocycles. The van der Waals surface area contributed by atoms with Crippen LogP contribution in [-0.2, 0) is 16.0 Å². The van der Waals surface area contributed by atoms with Gasteiger partial charge in [0.2, 0.25) is 0 Å². The molecule has 0 unspecified atom stereocenters. The second-order valence-electron chi connectivity index (χ2n) is 4.49. The summed E-state index contributed by atoms with van der Waals surface area (Å²) in [6, 6.07) is 9.15. The first-order valence-corrected chi connectivity index (χ1v) is 6.45. The Kier molecular flexibility index (Phi) is 4.19. The van der Waals surface area contributed by atoms with Crippen LogP contribution >= 0.6 is 0 Å². The highest BCUT2D eigenvalue weighted by atomic mass is 16.5. The highest BCUT2D eigenvalue weighted by molar-refractivity contribution is 5.98. The Morgan fingerprint density at radius 2 is 2.19 bits per heavy atom. The molecule has 0 bridgehead atoms. The van der Waals surface area contributed by atoms with E-state index in [-0.39, 0.29) is 16.7 Å². The van der Waals surface area contributed by atoms with Gasteiger partial charge < -0.3 is 9.72 Å². The predicted octanol–water partition coefficient (Wildman–Crippen LogP) is 2.17. The third-order valence-corrected chi connectivity index (χ3v) is 3.17. The van der Waals surface area contributed by atoms with E-state index in [1.807, 2.05) is 25.1 Å². The summed E-state index contributed by atoms with van der Waals surface area (Å²) in [7, 11) is 1.19. The average Bonchev–Trinajstić information content (AvgIpc) is 2.51. The predicted molar refractivity (Wildman–Crippen MR) is 79.6 cm³/mol. The zero-order chi connectivity index (χ0) is 15.4. The largest absolute Gasteiger partial charge is 0.465 e. The summed E-state index contributed by atoms with van der Waals surface area (Å²) < 4.78 is 4.50. The molecule has 106 valence electrons. The first-order valence-electron chi connectivity index (χ1n) is 6.45. The smallest absolute Gasteiger partial charge is 0.348 e. The van der Waals surface area contributed by atoms with Crippen molar-refractivity contribution in [2.75, 3.05) is 7.11 Å². The lowest BCUT2D eigenvalue weighted by Crippen LogP contribution is -2.11. The fourth-order valence-electron chi connectivity index (χ4n) is 2.00. The van der Waals surface area contributed by atoms with Crippen molar-refractivity contribution in [3.05, 3.63) is 51.3 Å². The van der Waals surface area contributed by atoms with Gasteiger partial charge in [-0.05, 0) is 41.6 Å². The number of pyridine rings is 1. The third-order valence-electron chi connectivity index (χ3n) is 3.17. The van der Waals surface area contributed by atoms with Gasteiger partial charge in [0, 0.05) is 11.1 Å². The number of aromatic nitrogens is 1. The number of nitriles is 1. The highest BCUT2D eigenvalue weighted by Gasteiger charge is 2.10. The van der Waals surface area contributed by atoms with Gasteiger partial charge in [0.05, 0.1) is 7.11 Å². The molecule has 0 atom stereocenters. The van der Waals surface area contributed by atoms with Crippen LogP contribution in [0.2, 0.25) is 0 Å². The average molecular weight is 282 g/mol. The number of rotatable bonds is 3. The zero-order valence-corrected chi connectivity index (χ0v) is 11.8. The van der Waals surface area contributed by atoms with Crippen LogP contribution in [0, 0.1) is 11.3 Å². The maximum atomic E-state index is 12.0. The Balaban J connectivity index is 2.61. The Morgan fingerprint density at radius 3 is 2.81 bits per heavy atom. The van der Waals surface area contributed by atoms with Crippen molar-refractivity contribution in [3.63, 3.8) is 0 Å². The fraction of sp³-hybridized carbons (Fsp3) is 0.188. The van der Waals surface area contributed by atoms with Crippen LogP contribution in [0.4, 0.5) is 0 Å². The maximum Gasteiger partial charge on any atom is 0.348 e. The standard InChI is InChI=1S/C16H14N2O3/c1-3-10-4-5-14-11(6-10)7-12(15(19)18-14)8-13(9-17)16(20)21-2/h4-8H,3H2,1-2H3,(H,18,19)/b13-8-. The maximum absolute atomic E-state index is 12.0. The Bertz CT molecular complexity index is 826. The molecule has 0 saturated heterocycles. The van der Waals surface area contributed by atoms with Gasteiger partial charge in [-0.3, -0.25) is 4.79 Å². The summed E-state index contributed by atoms with van der Waals surface area (Å²) in [6.07, 6.45) is 2.12. The highest BCUT2D eigenvalue weighted by Crippen LogP contribution is 2.15. The molecule has 1 aromatic carbocycles. The number of carbonyl (C=O) groups is 1. The van der Waals surface area contributed by atoms with Gasteiger partial charge in [-0.1, -0.05) is 13.0 Å². The Hall–Kier alpha value is -2.87. The lowest BCUT2D eigenvalue weighted by Gasteiger charge is -2.03. The minimum atomic E-state index is -0.765. The molecular formula is C16H14N2O3. The van der Waals surface area contributed by atoms with E-state index in [0.29, 0.717) is 5.52 Å². The second kappa shape index (κ2) is 6.06. The van der Waals surface area contributed by atoms with E-state index in [0.717, 1.165) is 17.4 Å². The number of methoxy groups -OCH3 is 1. The van der Waals surface area contributed by atoms with Gasteiger partial charge in [-0.15, -0.1) is 0 Å². The van der Waals surface area contributed by atoms with Crippen molar-refractivity contribution in [1.29, 1.82) is 5.26 Å². The van der Waals surface area contributed by atoms with Gasteiger partial charge in [0.1, 0.15) is 11.6 Å². The quantitative estimate of drug-likeness (QED) is 0.531. The van der Waals surface area contributed by atoms with E-state index in [9.17, 15) is 9.59 Å². The molecule has 1 aromatic heterocycles. The van der Waals surface area contributed by atoms with Crippen molar-refractivity contribution in [2.45, 2.75) is 13.3 Å². The second-order valence-corrected chi connectivity index (χ2v) is 4.49. The zero-order valence-electron chi connectivity index (χ0n) is 11.8. The van der Waals surface area contributed by atoms with Crippen molar-refractivity contribution >= 4 is 22.9 Å². The van der Waals surface area contributed by atoms with Crippen LogP contribution in [0.15, 0.2) is 34.6 Å². The van der Waals surface area contributed by atoms with E-state index >= 15 is 0 Å². The Morgan fingerprint density at radius 1 is 1.43 bits per heavy atom. The van der Waals surface area contributed by atoms with Gasteiger partial charge >= 0.3 is 5.97 Å². The number of ether oxygens (including phenoxy) is 1. The summed E-state index contributed by atoms with van der Waals surface area (Å²) in [5.41, 5.74) is 1.53. The van der Waals surface area contributed by atoms with Gasteiger partial charge in [-0.2, -0.15) is 5.26 Å². The van der Waals surface area contributed by atoms with Gasteiger partial charge in [0.15, 0.2) is 0 Å². The van der Waals surface area contributed by atoms with Crippen LogP contribution < -0.4 is 5.56 Å². The number of aromatic amines is 1. The molecule has 0 fully saturated rings. The number of nitrogens with zero attached hydrogens (tertiary/aromatic N) is 1. The first-order chi connectivity index (χ1) is 10.1. The SMILES string of the molecule is CCc1ccc2[nH]c(=O)c(/C=C(/C#N)C(=O)OC)cc2c1. The Labute approximate surface area is 121 Å². The molecule has 0 saturated carbocycles. The molecule has 0 amide bonds. The minimum absolute atomic E-state index is 0.214. The van der Waals surface area contributed by atoms with Crippen LogP contribution in [0.25, 0.3) is 17.0 Å². The summed E-state index contributed by atoms with van der Waals surface area (Å²) in [5.74, 6) is -0.765. The summed E-state index contributed by atoms with van der Waals surface area (Å²) in [4.78, 5) is 26.1. The third kappa shape index (κ3) is 3.00. The molecule has 21 heavy (non-hydrogen) atoms. The molecular weight excluding hydrogens is 268 g/mol. The van der Waals surface area contributed by atoms with Crippen molar-refractivity contribution in [1.82, 2.24) is 4.98 Å². The first kappa shape index (κ1) is 14.5. The van der Waals surface area contributed by atoms with E-state index in [2.05, 4.69) is 9.72 Å². The van der Waals surface area contributed by atoms with E-state index in [1.54, 1.807) is 12.1 Å². The number of hydrogen-bond acceptors (Lipinski definition) is 4. The molecule has 0 radical (unpaired) electrons. The molecule has 0 aliphatic carbocycles. The number of carbonyl (C=O) groups excluding carboxylic acids is 1. The molecule has 2 rings (SSSR count). The number of benzene rings is 1. The van der Waals surface area contributed by atoms with Crippen LogP contribution in [-0.4, -0.2) is 18.1 Å². The minimum Gasteiger partial charge on any atom is -0.465 e. The normalized spacial score (nSPS) is 11.2. The molecule has 1 N–H and O–H groups in total. The van der Waals surface area contributed by atoms with E-state index in [4.69, 9.17) is 5.26 Å². The number of hydrogen-bond donors (Lipinski definition) is 1. The van der Waals surface area contributed by atoms with Gasteiger partial charge in [0.25, 0.3) is 5.56 Å². The molecule has 0 aliphatic rings. The van der Waals surface area contributed by atoms with Gasteiger partial charge in [-0.25, -0.2) is 4.79 Å². The summed E-state index contributed by atoms with van der Waals surface area (Å²) in [6.45, 7) is 2.04. The van der Waals surface area contributed by atoms with Crippen molar-refractivity contribution < 1.29 is 9.53 Å². The van der Waals surface area contributed by atoms with Crippen LogP contribution in [0.1, 0.15) is 18.1 Å². The van der Waals surface area contributed by atoms with Crippen molar-refractivity contribution in [3.8, 4) is 6.07 Å². The van der Waals surface area contributed by atoms with Crippen LogP contribution in [0.5, 0.6) is 0 Å². The monoisotopic (exact) mass is 282 g/mol. The number of fused-ring (bicyclic) bond motifs is 1. The molecule has 5 heteroatoms. The van der Waals surface area contributed by atoms with E-state index in [1.165, 1.54) is 13.2 Å². The fourth-order valence-corrected chi connectivity index (χ4v) is 2.00. The lowest BCUT2D eigenvalue weighted by molar-refractivity contribution is -0.135. The number of nitrogens with one attached hydrogen (secondary N) is 1. The molecule has 2 aromatic rings. The number of aryl methyl sites for hydroxylation is 1. The lowest BCUT2D eigenvalue weighted by atomic mass is 10.1. The molecule has 1 heterocycles.